The van der Waals surface area contributed by atoms with E-state index in [1.54, 1.807) is 7.11 Å². The van der Waals surface area contributed by atoms with Gasteiger partial charge in [-0.25, -0.2) is 0 Å². The van der Waals surface area contributed by atoms with Gasteiger partial charge < -0.3 is 15.2 Å². The van der Waals surface area contributed by atoms with Crippen LogP contribution in [-0.4, -0.2) is 20.2 Å². The molecular weight excluding hydrogens is 218 g/mol. The Kier molecular flexibility index (Phi) is 3.33. The van der Waals surface area contributed by atoms with Gasteiger partial charge in [0.15, 0.2) is 0 Å². The second-order valence-electron chi connectivity index (χ2n) is 4.26. The SMILES string of the molecule is COC(=O)[C@H]1CCc2cc(OC)ccc2[C@H]1N. The van der Waals surface area contributed by atoms with Crippen LogP contribution in [0.4, 0.5) is 0 Å². The Balaban J connectivity index is 2.30. The van der Waals surface area contributed by atoms with Gasteiger partial charge in [0.25, 0.3) is 0 Å². The topological polar surface area (TPSA) is 61.5 Å². The number of hydrogen-bond acceptors (Lipinski definition) is 4. The molecule has 0 amide bonds. The minimum atomic E-state index is -0.280. The fourth-order valence-corrected chi connectivity index (χ4v) is 2.37. The van der Waals surface area contributed by atoms with Crippen LogP contribution < -0.4 is 10.5 Å². The molecular formula is C13H17NO3. The van der Waals surface area contributed by atoms with Gasteiger partial charge in [0.05, 0.1) is 20.1 Å². The average molecular weight is 235 g/mol. The van der Waals surface area contributed by atoms with Crippen LogP contribution in [0.1, 0.15) is 23.6 Å². The standard InChI is InChI=1S/C13H17NO3/c1-16-9-4-6-10-8(7-9)3-5-11(12(10)14)13(15)17-2/h4,6-7,11-12H,3,5,14H2,1-2H3/t11-,12+/m0/s1. The van der Waals surface area contributed by atoms with Crippen LogP contribution in [0.15, 0.2) is 18.2 Å². The van der Waals surface area contributed by atoms with Gasteiger partial charge in [0, 0.05) is 6.04 Å². The van der Waals surface area contributed by atoms with Gasteiger partial charge in [-0.2, -0.15) is 0 Å². The van der Waals surface area contributed by atoms with Gasteiger partial charge in [-0.1, -0.05) is 6.07 Å². The first-order valence-electron chi connectivity index (χ1n) is 5.67. The van der Waals surface area contributed by atoms with Crippen LogP contribution in [0.2, 0.25) is 0 Å². The molecule has 17 heavy (non-hydrogen) atoms. The Labute approximate surface area is 101 Å². The summed E-state index contributed by atoms with van der Waals surface area (Å²) in [6.07, 6.45) is 1.56. The summed E-state index contributed by atoms with van der Waals surface area (Å²) in [7, 11) is 3.04. The molecule has 0 saturated carbocycles. The third-order valence-corrected chi connectivity index (χ3v) is 3.37. The van der Waals surface area contributed by atoms with E-state index in [4.69, 9.17) is 15.2 Å². The first-order valence-corrected chi connectivity index (χ1v) is 5.67. The molecule has 0 bridgehead atoms. The van der Waals surface area contributed by atoms with Gasteiger partial charge in [-0.3, -0.25) is 4.79 Å². The number of esters is 1. The predicted molar refractivity (Wildman–Crippen MR) is 63.7 cm³/mol. The van der Waals surface area contributed by atoms with Crippen LogP contribution >= 0.6 is 0 Å². The zero-order valence-corrected chi connectivity index (χ0v) is 10.1. The largest absolute Gasteiger partial charge is 0.497 e. The zero-order chi connectivity index (χ0) is 12.4. The Morgan fingerprint density at radius 3 is 2.82 bits per heavy atom. The smallest absolute Gasteiger partial charge is 0.310 e. The van der Waals surface area contributed by atoms with E-state index in [0.29, 0.717) is 0 Å². The van der Waals surface area contributed by atoms with E-state index in [0.717, 1.165) is 29.7 Å². The predicted octanol–water partition coefficient (Wildman–Crippen LogP) is 1.43. The van der Waals surface area contributed by atoms with Crippen molar-refractivity contribution in [2.45, 2.75) is 18.9 Å². The number of hydrogen-bond donors (Lipinski definition) is 1. The van der Waals surface area contributed by atoms with Gasteiger partial charge in [0.1, 0.15) is 5.75 Å². The molecule has 1 aromatic rings. The molecule has 2 atom stereocenters. The summed E-state index contributed by atoms with van der Waals surface area (Å²) in [5, 5.41) is 0. The molecule has 0 spiro atoms. The molecule has 4 heteroatoms. The normalized spacial score (nSPS) is 22.8. The van der Waals surface area contributed by atoms with E-state index in [9.17, 15) is 4.79 Å². The van der Waals surface area contributed by atoms with Crippen molar-refractivity contribution in [2.75, 3.05) is 14.2 Å². The summed E-state index contributed by atoms with van der Waals surface area (Å²) in [6, 6.07) is 5.52. The molecule has 0 saturated heterocycles. The monoisotopic (exact) mass is 235 g/mol. The fourth-order valence-electron chi connectivity index (χ4n) is 2.37. The van der Waals surface area contributed by atoms with Crippen molar-refractivity contribution < 1.29 is 14.3 Å². The molecule has 2 rings (SSSR count). The molecule has 0 aliphatic heterocycles. The minimum Gasteiger partial charge on any atom is -0.497 e. The molecule has 0 fully saturated rings. The summed E-state index contributed by atoms with van der Waals surface area (Å²) in [4.78, 5) is 11.6. The highest BCUT2D eigenvalue weighted by Crippen LogP contribution is 2.35. The Bertz CT molecular complexity index is 431. The highest BCUT2D eigenvalue weighted by molar-refractivity contribution is 5.74. The summed E-state index contributed by atoms with van der Waals surface area (Å²) in [5.74, 6) is 0.368. The Hall–Kier alpha value is -1.55. The van der Waals surface area contributed by atoms with E-state index >= 15 is 0 Å². The number of rotatable bonds is 2. The van der Waals surface area contributed by atoms with Gasteiger partial charge in [-0.05, 0) is 36.1 Å². The van der Waals surface area contributed by atoms with Crippen molar-refractivity contribution in [1.82, 2.24) is 0 Å². The lowest BCUT2D eigenvalue weighted by Crippen LogP contribution is -2.33. The molecule has 0 unspecified atom stereocenters. The van der Waals surface area contributed by atoms with Crippen LogP contribution in [0, 0.1) is 5.92 Å². The number of methoxy groups -OCH3 is 2. The first-order chi connectivity index (χ1) is 8.17. The third kappa shape index (κ3) is 2.13. The highest BCUT2D eigenvalue weighted by Gasteiger charge is 2.32. The third-order valence-electron chi connectivity index (χ3n) is 3.37. The van der Waals surface area contributed by atoms with Crippen LogP contribution in [0.25, 0.3) is 0 Å². The van der Waals surface area contributed by atoms with Crippen LogP contribution in [-0.2, 0) is 16.0 Å². The number of fused-ring (bicyclic) bond motifs is 1. The molecule has 0 radical (unpaired) electrons. The van der Waals surface area contributed by atoms with Crippen LogP contribution in [0.5, 0.6) is 5.75 Å². The number of ether oxygens (including phenoxy) is 2. The van der Waals surface area contributed by atoms with Crippen molar-refractivity contribution in [3.8, 4) is 5.75 Å². The van der Waals surface area contributed by atoms with E-state index in [-0.39, 0.29) is 17.9 Å². The molecule has 4 nitrogen and oxygen atoms in total. The quantitative estimate of drug-likeness (QED) is 0.788. The van der Waals surface area contributed by atoms with Crippen molar-refractivity contribution in [3.05, 3.63) is 29.3 Å². The van der Waals surface area contributed by atoms with Gasteiger partial charge >= 0.3 is 5.97 Å². The Morgan fingerprint density at radius 1 is 1.41 bits per heavy atom. The van der Waals surface area contributed by atoms with Crippen molar-refractivity contribution in [3.63, 3.8) is 0 Å². The summed E-state index contributed by atoms with van der Waals surface area (Å²) in [6.45, 7) is 0. The van der Waals surface area contributed by atoms with Gasteiger partial charge in [0.2, 0.25) is 0 Å². The lowest BCUT2D eigenvalue weighted by molar-refractivity contribution is -0.146. The number of benzene rings is 1. The molecule has 0 aromatic heterocycles. The number of carbonyl (C=O) groups excluding carboxylic acids is 1. The fraction of sp³-hybridized carbons (Fsp3) is 0.462. The molecule has 1 aliphatic carbocycles. The maximum absolute atomic E-state index is 11.6. The number of carbonyl (C=O) groups is 1. The lowest BCUT2D eigenvalue weighted by Gasteiger charge is -2.29. The molecule has 1 aliphatic rings. The molecule has 0 heterocycles. The van der Waals surface area contributed by atoms with Crippen molar-refractivity contribution >= 4 is 5.97 Å². The number of nitrogens with two attached hydrogens (primary N) is 1. The average Bonchev–Trinajstić information content (AvgIpc) is 2.38. The second kappa shape index (κ2) is 4.75. The molecule has 92 valence electrons. The van der Waals surface area contributed by atoms with E-state index < -0.39 is 0 Å². The lowest BCUT2D eigenvalue weighted by atomic mass is 9.80. The van der Waals surface area contributed by atoms with Crippen molar-refractivity contribution in [1.29, 1.82) is 0 Å². The molecule has 2 N–H and O–H groups in total. The van der Waals surface area contributed by atoms with E-state index in [1.165, 1.54) is 7.11 Å². The Morgan fingerprint density at radius 2 is 2.18 bits per heavy atom. The second-order valence-corrected chi connectivity index (χ2v) is 4.26. The zero-order valence-electron chi connectivity index (χ0n) is 10.1. The first kappa shape index (κ1) is 11.9. The van der Waals surface area contributed by atoms with E-state index in [2.05, 4.69) is 0 Å². The summed E-state index contributed by atoms with van der Waals surface area (Å²) in [5.41, 5.74) is 8.30. The summed E-state index contributed by atoms with van der Waals surface area (Å²) >= 11 is 0. The molecule has 1 aromatic carbocycles. The summed E-state index contributed by atoms with van der Waals surface area (Å²) < 4.78 is 9.95. The van der Waals surface area contributed by atoms with Crippen LogP contribution in [0.3, 0.4) is 0 Å². The van der Waals surface area contributed by atoms with Crippen molar-refractivity contribution in [2.24, 2.45) is 11.7 Å². The van der Waals surface area contributed by atoms with E-state index in [1.807, 2.05) is 18.2 Å². The maximum Gasteiger partial charge on any atom is 0.310 e. The minimum absolute atomic E-state index is 0.223. The van der Waals surface area contributed by atoms with Gasteiger partial charge in [-0.15, -0.1) is 0 Å². The highest BCUT2D eigenvalue weighted by atomic mass is 16.5. The maximum atomic E-state index is 11.6. The number of aryl methyl sites for hydroxylation is 1.